The number of urea groups is 1. The van der Waals surface area contributed by atoms with Gasteiger partial charge >= 0.3 is 6.03 Å². The first-order chi connectivity index (χ1) is 13.4. The summed E-state index contributed by atoms with van der Waals surface area (Å²) >= 11 is 1.34. The van der Waals surface area contributed by atoms with Crippen LogP contribution in [0, 0.1) is 6.92 Å². The maximum absolute atomic E-state index is 12.5. The van der Waals surface area contributed by atoms with Gasteiger partial charge in [0.2, 0.25) is 5.91 Å². The van der Waals surface area contributed by atoms with Crippen LogP contribution in [0.1, 0.15) is 32.4 Å². The molecule has 0 aromatic carbocycles. The number of amides is 3. The maximum atomic E-state index is 12.5. The second-order valence-electron chi connectivity index (χ2n) is 6.55. The summed E-state index contributed by atoms with van der Waals surface area (Å²) in [5, 5.41) is 3.25. The van der Waals surface area contributed by atoms with E-state index in [0.717, 1.165) is 41.6 Å². The summed E-state index contributed by atoms with van der Waals surface area (Å²) in [5.74, 6) is 0.328. The van der Waals surface area contributed by atoms with Gasteiger partial charge in [-0.2, -0.15) is 0 Å². The third-order valence-electron chi connectivity index (χ3n) is 4.79. The van der Waals surface area contributed by atoms with Crippen LogP contribution in [0.3, 0.4) is 0 Å². The number of nitrogens with zero attached hydrogens (tertiary/aromatic N) is 5. The Kier molecular flexibility index (Phi) is 6.08. The van der Waals surface area contributed by atoms with E-state index < -0.39 is 11.9 Å². The Hall–Kier alpha value is -2.75. The molecule has 3 N–H and O–H groups in total. The standard InChI is InChI=1S/C18H25N7O2S/c1-4-24(5-2)14-10-20-9-12(22-14)15-11(3)21-17(28-15)23-18(27)25-8-6-7-13(25)16(19)26/h9-10,13H,4-8H2,1-3H3,(H2,19,26)(H,21,23,27)/t13-/m0/s1. The normalized spacial score (nSPS) is 16.2. The van der Waals surface area contributed by atoms with E-state index in [-0.39, 0.29) is 6.03 Å². The molecule has 3 heterocycles. The van der Waals surface area contributed by atoms with E-state index in [1.54, 1.807) is 12.4 Å². The molecule has 1 saturated heterocycles. The van der Waals surface area contributed by atoms with Gasteiger partial charge in [-0.25, -0.2) is 14.8 Å². The second kappa shape index (κ2) is 8.51. The van der Waals surface area contributed by atoms with Crippen molar-refractivity contribution >= 4 is 34.2 Å². The lowest BCUT2D eigenvalue weighted by atomic mass is 10.2. The van der Waals surface area contributed by atoms with Crippen LogP contribution in [0.2, 0.25) is 0 Å². The van der Waals surface area contributed by atoms with Crippen molar-refractivity contribution in [1.82, 2.24) is 19.9 Å². The van der Waals surface area contributed by atoms with Crippen LogP contribution in [0.4, 0.5) is 15.7 Å². The minimum atomic E-state index is -0.558. The quantitative estimate of drug-likeness (QED) is 0.764. The molecule has 0 saturated carbocycles. The third-order valence-corrected chi connectivity index (χ3v) is 5.89. The van der Waals surface area contributed by atoms with Crippen molar-refractivity contribution in [2.75, 3.05) is 29.9 Å². The number of hydrogen-bond acceptors (Lipinski definition) is 7. The fourth-order valence-corrected chi connectivity index (χ4v) is 4.23. The van der Waals surface area contributed by atoms with Crippen molar-refractivity contribution in [3.05, 3.63) is 18.1 Å². The molecule has 28 heavy (non-hydrogen) atoms. The Labute approximate surface area is 168 Å². The van der Waals surface area contributed by atoms with Gasteiger partial charge < -0.3 is 15.5 Å². The first-order valence-electron chi connectivity index (χ1n) is 9.36. The van der Waals surface area contributed by atoms with Gasteiger partial charge in [-0.15, -0.1) is 0 Å². The van der Waals surface area contributed by atoms with E-state index in [0.29, 0.717) is 18.1 Å². The van der Waals surface area contributed by atoms with E-state index in [4.69, 9.17) is 10.7 Å². The molecule has 9 nitrogen and oxygen atoms in total. The van der Waals surface area contributed by atoms with Gasteiger partial charge in [0.1, 0.15) is 17.6 Å². The molecule has 1 fully saturated rings. The van der Waals surface area contributed by atoms with Crippen molar-refractivity contribution in [3.8, 4) is 10.6 Å². The van der Waals surface area contributed by atoms with Crippen LogP contribution >= 0.6 is 11.3 Å². The summed E-state index contributed by atoms with van der Waals surface area (Å²) in [6, 6.07) is -0.915. The average Bonchev–Trinajstić information content (AvgIpc) is 3.30. The van der Waals surface area contributed by atoms with Gasteiger partial charge in [-0.05, 0) is 33.6 Å². The Morgan fingerprint density at radius 1 is 1.32 bits per heavy atom. The molecule has 0 unspecified atom stereocenters. The molecular weight excluding hydrogens is 378 g/mol. The predicted octanol–water partition coefficient (Wildman–Crippen LogP) is 2.24. The molecule has 3 rings (SSSR count). The summed E-state index contributed by atoms with van der Waals surface area (Å²) in [6.07, 6.45) is 4.80. The Morgan fingerprint density at radius 3 is 2.75 bits per heavy atom. The van der Waals surface area contributed by atoms with E-state index >= 15 is 0 Å². The van der Waals surface area contributed by atoms with Crippen LogP contribution < -0.4 is 16.0 Å². The smallest absolute Gasteiger partial charge is 0.324 e. The number of carbonyl (C=O) groups is 2. The van der Waals surface area contributed by atoms with Crippen LogP contribution in [-0.2, 0) is 4.79 Å². The third kappa shape index (κ3) is 4.06. The SMILES string of the molecule is CCN(CC)c1cncc(-c2sc(NC(=O)N3CCC[C@H]3C(N)=O)nc2C)n1. The van der Waals surface area contributed by atoms with E-state index in [1.807, 2.05) is 6.92 Å². The van der Waals surface area contributed by atoms with Crippen molar-refractivity contribution in [2.45, 2.75) is 39.7 Å². The number of likely N-dealkylation sites (tertiary alicyclic amines) is 1. The summed E-state index contributed by atoms with van der Waals surface area (Å²) < 4.78 is 0. The zero-order valence-corrected chi connectivity index (χ0v) is 17.1. The number of aromatic nitrogens is 3. The summed E-state index contributed by atoms with van der Waals surface area (Å²) in [7, 11) is 0. The van der Waals surface area contributed by atoms with Crippen molar-refractivity contribution in [3.63, 3.8) is 0 Å². The molecule has 0 spiro atoms. The molecule has 0 radical (unpaired) electrons. The Balaban J connectivity index is 1.79. The predicted molar refractivity (Wildman–Crippen MR) is 109 cm³/mol. The first-order valence-corrected chi connectivity index (χ1v) is 10.2. The van der Waals surface area contributed by atoms with Crippen molar-refractivity contribution in [2.24, 2.45) is 5.73 Å². The topological polar surface area (TPSA) is 117 Å². The zero-order chi connectivity index (χ0) is 20.3. The average molecular weight is 404 g/mol. The van der Waals surface area contributed by atoms with Gasteiger partial charge in [0.05, 0.1) is 23.0 Å². The molecule has 3 amide bonds. The number of thiazole rings is 1. The molecule has 2 aromatic rings. The van der Waals surface area contributed by atoms with Crippen LogP contribution in [0.15, 0.2) is 12.4 Å². The molecule has 0 aliphatic carbocycles. The highest BCUT2D eigenvalue weighted by Gasteiger charge is 2.33. The molecule has 2 aromatic heterocycles. The first kappa shape index (κ1) is 20.0. The molecule has 0 bridgehead atoms. The number of aryl methyl sites for hydroxylation is 1. The number of primary amides is 1. The molecule has 1 aliphatic rings. The maximum Gasteiger partial charge on any atom is 0.324 e. The van der Waals surface area contributed by atoms with E-state index in [1.165, 1.54) is 16.2 Å². The van der Waals surface area contributed by atoms with E-state index in [9.17, 15) is 9.59 Å². The van der Waals surface area contributed by atoms with Gasteiger partial charge in [0.25, 0.3) is 0 Å². The fraction of sp³-hybridized carbons (Fsp3) is 0.500. The summed E-state index contributed by atoms with van der Waals surface area (Å²) in [4.78, 5) is 42.0. The highest BCUT2D eigenvalue weighted by Crippen LogP contribution is 2.32. The zero-order valence-electron chi connectivity index (χ0n) is 16.3. The van der Waals surface area contributed by atoms with Crippen LogP contribution in [0.5, 0.6) is 0 Å². The van der Waals surface area contributed by atoms with Gasteiger partial charge in [0.15, 0.2) is 5.13 Å². The highest BCUT2D eigenvalue weighted by atomic mass is 32.1. The molecule has 1 aliphatic heterocycles. The summed E-state index contributed by atoms with van der Waals surface area (Å²) in [6.45, 7) is 8.20. The minimum absolute atomic E-state index is 0.357. The number of rotatable bonds is 6. The number of nitrogens with two attached hydrogens (primary N) is 1. The lowest BCUT2D eigenvalue weighted by Crippen LogP contribution is -2.45. The van der Waals surface area contributed by atoms with Gasteiger partial charge in [-0.1, -0.05) is 11.3 Å². The second-order valence-corrected chi connectivity index (χ2v) is 7.55. The largest absolute Gasteiger partial charge is 0.368 e. The monoisotopic (exact) mass is 403 g/mol. The van der Waals surface area contributed by atoms with E-state index in [2.05, 4.69) is 34.0 Å². The Morgan fingerprint density at radius 2 is 2.07 bits per heavy atom. The molecular formula is C18H25N7O2S. The van der Waals surface area contributed by atoms with Crippen molar-refractivity contribution < 1.29 is 9.59 Å². The number of hydrogen-bond donors (Lipinski definition) is 2. The number of anilines is 2. The molecule has 150 valence electrons. The van der Waals surface area contributed by atoms with Crippen LogP contribution in [-0.4, -0.2) is 57.5 Å². The Bertz CT molecular complexity index is 865. The minimum Gasteiger partial charge on any atom is -0.368 e. The lowest BCUT2D eigenvalue weighted by Gasteiger charge is -2.21. The van der Waals surface area contributed by atoms with Gasteiger partial charge in [-0.3, -0.25) is 15.1 Å². The molecule has 10 heteroatoms. The number of nitrogens with one attached hydrogen (secondary N) is 1. The van der Waals surface area contributed by atoms with Crippen LogP contribution in [0.25, 0.3) is 10.6 Å². The highest BCUT2D eigenvalue weighted by molar-refractivity contribution is 7.19. The fourth-order valence-electron chi connectivity index (χ4n) is 3.32. The van der Waals surface area contributed by atoms with Gasteiger partial charge in [0, 0.05) is 19.6 Å². The summed E-state index contributed by atoms with van der Waals surface area (Å²) in [5.41, 5.74) is 6.87. The number of carbonyl (C=O) groups excluding carboxylic acids is 2. The van der Waals surface area contributed by atoms with Crippen molar-refractivity contribution in [1.29, 1.82) is 0 Å². The molecule has 1 atom stereocenters. The lowest BCUT2D eigenvalue weighted by molar-refractivity contribution is -0.121.